The van der Waals surface area contributed by atoms with Crippen molar-refractivity contribution in [1.82, 2.24) is 10.2 Å². The minimum atomic E-state index is 0.276. The van der Waals surface area contributed by atoms with Crippen molar-refractivity contribution in [2.24, 2.45) is 0 Å². The zero-order valence-electron chi connectivity index (χ0n) is 13.3. The summed E-state index contributed by atoms with van der Waals surface area (Å²) >= 11 is 5.41. The largest absolute Gasteiger partial charge is 0.361 e. The number of rotatable bonds is 5. The van der Waals surface area contributed by atoms with Gasteiger partial charge >= 0.3 is 0 Å². The highest BCUT2D eigenvalue weighted by atomic mass is 32.1. The molecule has 22 heavy (non-hydrogen) atoms. The lowest BCUT2D eigenvalue weighted by Crippen LogP contribution is -2.36. The van der Waals surface area contributed by atoms with Crippen molar-refractivity contribution in [3.63, 3.8) is 0 Å². The van der Waals surface area contributed by atoms with E-state index < -0.39 is 0 Å². The molecule has 2 N–H and O–H groups in total. The number of thiocarbonyl (C=S) groups is 1. The molecule has 116 valence electrons. The summed E-state index contributed by atoms with van der Waals surface area (Å²) in [6.07, 6.45) is 0. The summed E-state index contributed by atoms with van der Waals surface area (Å²) in [4.78, 5) is 2.19. The van der Waals surface area contributed by atoms with E-state index >= 15 is 0 Å². The molecule has 0 spiro atoms. The lowest BCUT2D eigenvalue weighted by Gasteiger charge is -2.26. The molecule has 0 saturated carbocycles. The van der Waals surface area contributed by atoms with Gasteiger partial charge in [-0.05, 0) is 50.4 Å². The SMILES string of the molecule is Cc1ccccc1NC(=S)NC[C@@H](c1ccccc1)N(C)C. The number of hydrogen-bond acceptors (Lipinski definition) is 2. The maximum atomic E-state index is 5.41. The molecule has 3 nitrogen and oxygen atoms in total. The van der Waals surface area contributed by atoms with E-state index in [0.29, 0.717) is 5.11 Å². The highest BCUT2D eigenvalue weighted by Gasteiger charge is 2.14. The van der Waals surface area contributed by atoms with E-state index in [1.165, 1.54) is 11.1 Å². The zero-order chi connectivity index (χ0) is 15.9. The fourth-order valence-electron chi connectivity index (χ4n) is 2.34. The minimum absolute atomic E-state index is 0.276. The minimum Gasteiger partial charge on any atom is -0.361 e. The normalized spacial score (nSPS) is 12.0. The summed E-state index contributed by atoms with van der Waals surface area (Å²) in [6, 6.07) is 18.9. The molecule has 0 fully saturated rings. The Morgan fingerprint density at radius 3 is 2.32 bits per heavy atom. The number of aryl methyl sites for hydroxylation is 1. The van der Waals surface area contributed by atoms with Crippen LogP contribution in [-0.2, 0) is 0 Å². The van der Waals surface area contributed by atoms with Crippen LogP contribution in [0.2, 0.25) is 0 Å². The van der Waals surface area contributed by atoms with Crippen LogP contribution in [0.1, 0.15) is 17.2 Å². The standard InChI is InChI=1S/C18H23N3S/c1-14-9-7-8-12-16(14)20-18(22)19-13-17(21(2)3)15-10-5-4-6-11-15/h4-12,17H,13H2,1-3H3,(H2,19,20,22)/t17-/m0/s1. The second kappa shape index (κ2) is 7.92. The van der Waals surface area contributed by atoms with E-state index in [0.717, 1.165) is 12.2 Å². The van der Waals surface area contributed by atoms with E-state index in [1.54, 1.807) is 0 Å². The number of anilines is 1. The van der Waals surface area contributed by atoms with Crippen LogP contribution in [0.4, 0.5) is 5.69 Å². The second-order valence-electron chi connectivity index (χ2n) is 5.54. The molecule has 4 heteroatoms. The molecule has 0 bridgehead atoms. The van der Waals surface area contributed by atoms with Gasteiger partial charge in [0.15, 0.2) is 5.11 Å². The van der Waals surface area contributed by atoms with Crippen LogP contribution in [0.3, 0.4) is 0 Å². The van der Waals surface area contributed by atoms with Gasteiger partial charge in [-0.2, -0.15) is 0 Å². The Bertz CT molecular complexity index is 611. The second-order valence-corrected chi connectivity index (χ2v) is 5.95. The summed E-state index contributed by atoms with van der Waals surface area (Å²) in [7, 11) is 4.16. The molecule has 0 aliphatic heterocycles. The van der Waals surface area contributed by atoms with Crippen molar-refractivity contribution in [3.05, 3.63) is 65.7 Å². The summed E-state index contributed by atoms with van der Waals surface area (Å²) < 4.78 is 0. The highest BCUT2D eigenvalue weighted by molar-refractivity contribution is 7.80. The molecule has 0 aliphatic carbocycles. The Morgan fingerprint density at radius 1 is 1.05 bits per heavy atom. The van der Waals surface area contributed by atoms with Gasteiger partial charge in [0, 0.05) is 12.2 Å². The van der Waals surface area contributed by atoms with E-state index in [1.807, 2.05) is 24.3 Å². The van der Waals surface area contributed by atoms with Crippen molar-refractivity contribution in [1.29, 1.82) is 0 Å². The van der Waals surface area contributed by atoms with Crippen LogP contribution >= 0.6 is 12.2 Å². The third-order valence-corrected chi connectivity index (χ3v) is 3.90. The van der Waals surface area contributed by atoms with Crippen molar-refractivity contribution >= 4 is 23.0 Å². The monoisotopic (exact) mass is 313 g/mol. The predicted octanol–water partition coefficient (Wildman–Crippen LogP) is 3.58. The van der Waals surface area contributed by atoms with E-state index in [4.69, 9.17) is 12.2 Å². The summed E-state index contributed by atoms with van der Waals surface area (Å²) in [5, 5.41) is 7.22. The Hall–Kier alpha value is -1.91. The first-order valence-corrected chi connectivity index (χ1v) is 7.80. The maximum absolute atomic E-state index is 5.41. The van der Waals surface area contributed by atoms with Gasteiger partial charge in [-0.15, -0.1) is 0 Å². The number of hydrogen-bond donors (Lipinski definition) is 2. The molecule has 0 heterocycles. The third-order valence-electron chi connectivity index (χ3n) is 3.66. The summed E-state index contributed by atoms with van der Waals surface area (Å²) in [6.45, 7) is 2.83. The first-order valence-electron chi connectivity index (χ1n) is 7.40. The van der Waals surface area contributed by atoms with Gasteiger partial charge in [0.1, 0.15) is 0 Å². The van der Waals surface area contributed by atoms with Gasteiger partial charge in [0.25, 0.3) is 0 Å². The van der Waals surface area contributed by atoms with E-state index in [-0.39, 0.29) is 6.04 Å². The first-order chi connectivity index (χ1) is 10.6. The lowest BCUT2D eigenvalue weighted by molar-refractivity contribution is 0.299. The summed E-state index contributed by atoms with van der Waals surface area (Å²) in [5.41, 5.74) is 3.50. The fourth-order valence-corrected chi connectivity index (χ4v) is 2.54. The highest BCUT2D eigenvalue weighted by Crippen LogP contribution is 2.17. The van der Waals surface area contributed by atoms with Gasteiger partial charge in [-0.25, -0.2) is 0 Å². The lowest BCUT2D eigenvalue weighted by atomic mass is 10.1. The quantitative estimate of drug-likeness (QED) is 0.825. The van der Waals surface area contributed by atoms with E-state index in [2.05, 4.69) is 66.9 Å². The Balaban J connectivity index is 1.95. The topological polar surface area (TPSA) is 27.3 Å². The van der Waals surface area contributed by atoms with E-state index in [9.17, 15) is 0 Å². The molecule has 1 atom stereocenters. The molecular weight excluding hydrogens is 290 g/mol. The molecule has 0 aliphatic rings. The molecular formula is C18H23N3S. The van der Waals surface area contributed by atoms with Crippen LogP contribution in [0, 0.1) is 6.92 Å². The molecule has 0 radical (unpaired) electrons. The molecule has 0 unspecified atom stereocenters. The average molecular weight is 313 g/mol. The number of para-hydroxylation sites is 1. The van der Waals surface area contributed by atoms with Gasteiger partial charge in [0.05, 0.1) is 6.04 Å². The fraction of sp³-hybridized carbons (Fsp3) is 0.278. The van der Waals surface area contributed by atoms with Crippen LogP contribution in [-0.4, -0.2) is 30.7 Å². The number of nitrogens with zero attached hydrogens (tertiary/aromatic N) is 1. The van der Waals surface area contributed by atoms with Crippen LogP contribution in [0.5, 0.6) is 0 Å². The van der Waals surface area contributed by atoms with Gasteiger partial charge in [0.2, 0.25) is 0 Å². The predicted molar refractivity (Wildman–Crippen MR) is 98.3 cm³/mol. The van der Waals surface area contributed by atoms with Crippen molar-refractivity contribution in [2.45, 2.75) is 13.0 Å². The maximum Gasteiger partial charge on any atom is 0.170 e. The Morgan fingerprint density at radius 2 is 1.68 bits per heavy atom. The Labute approximate surface area is 138 Å². The number of nitrogens with one attached hydrogen (secondary N) is 2. The van der Waals surface area contributed by atoms with Gasteiger partial charge in [-0.1, -0.05) is 48.5 Å². The van der Waals surface area contributed by atoms with Gasteiger partial charge in [-0.3, -0.25) is 0 Å². The molecule has 0 aromatic heterocycles. The molecule has 2 rings (SSSR count). The number of likely N-dealkylation sites (N-methyl/N-ethyl adjacent to an activating group) is 1. The first kappa shape index (κ1) is 16.5. The van der Waals surface area contributed by atoms with Crippen LogP contribution in [0.15, 0.2) is 54.6 Å². The van der Waals surface area contributed by atoms with Crippen molar-refractivity contribution in [2.75, 3.05) is 26.0 Å². The third kappa shape index (κ3) is 4.55. The molecule has 2 aromatic carbocycles. The smallest absolute Gasteiger partial charge is 0.170 e. The van der Waals surface area contributed by atoms with Crippen LogP contribution < -0.4 is 10.6 Å². The summed E-state index contributed by atoms with van der Waals surface area (Å²) in [5.74, 6) is 0. The molecule has 2 aromatic rings. The van der Waals surface area contributed by atoms with Crippen molar-refractivity contribution in [3.8, 4) is 0 Å². The number of benzene rings is 2. The average Bonchev–Trinajstić information content (AvgIpc) is 2.50. The molecule has 0 saturated heterocycles. The van der Waals surface area contributed by atoms with Gasteiger partial charge < -0.3 is 15.5 Å². The Kier molecular flexibility index (Phi) is 5.92. The van der Waals surface area contributed by atoms with Crippen LogP contribution in [0.25, 0.3) is 0 Å². The molecule has 0 amide bonds. The van der Waals surface area contributed by atoms with Crippen molar-refractivity contribution < 1.29 is 0 Å². The zero-order valence-corrected chi connectivity index (χ0v) is 14.2.